The number of aliphatic imine (C=N–C) groups is 1. The van der Waals surface area contributed by atoms with E-state index < -0.39 is 0 Å². The molecule has 0 bridgehead atoms. The molecule has 1 heterocycles. The van der Waals surface area contributed by atoms with Crippen LogP contribution in [0.5, 0.6) is 0 Å². The van der Waals surface area contributed by atoms with Gasteiger partial charge in [-0.15, -0.1) is 11.3 Å². The summed E-state index contributed by atoms with van der Waals surface area (Å²) in [5.41, 5.74) is 1.10. The lowest BCUT2D eigenvalue weighted by atomic mass is 10.4. The summed E-state index contributed by atoms with van der Waals surface area (Å²) in [6.45, 7) is 7.81. The lowest BCUT2D eigenvalue weighted by molar-refractivity contribution is -0.120. The van der Waals surface area contributed by atoms with Gasteiger partial charge in [0, 0.05) is 31.4 Å². The zero-order valence-electron chi connectivity index (χ0n) is 13.2. The number of aromatic nitrogens is 1. The Kier molecular flexibility index (Phi) is 7.74. The Morgan fingerprint density at radius 2 is 2.00 bits per heavy atom. The van der Waals surface area contributed by atoms with E-state index in [2.05, 4.69) is 32.9 Å². The van der Waals surface area contributed by atoms with Crippen molar-refractivity contribution < 1.29 is 4.79 Å². The van der Waals surface area contributed by atoms with Crippen molar-refractivity contribution in [2.75, 3.05) is 26.7 Å². The van der Waals surface area contributed by atoms with Crippen LogP contribution in [-0.4, -0.2) is 43.5 Å². The second kappa shape index (κ2) is 9.33. The van der Waals surface area contributed by atoms with Gasteiger partial charge >= 0.3 is 0 Å². The number of nitrogens with zero attached hydrogens (tertiary/aromatic N) is 2. The average Bonchev–Trinajstić information content (AvgIpc) is 2.79. The normalized spacial score (nSPS) is 11.3. The van der Waals surface area contributed by atoms with E-state index in [0.29, 0.717) is 12.5 Å². The van der Waals surface area contributed by atoms with Crippen molar-refractivity contribution in [3.8, 4) is 0 Å². The highest BCUT2D eigenvalue weighted by Crippen LogP contribution is 2.16. The summed E-state index contributed by atoms with van der Waals surface area (Å²) in [5, 5.41) is 10.1. The molecule has 0 unspecified atom stereocenters. The maximum Gasteiger partial charge on any atom is 0.239 e. The summed E-state index contributed by atoms with van der Waals surface area (Å²) in [6.07, 6.45) is 1.79. The molecule has 1 aromatic heterocycles. The number of amides is 1. The molecule has 0 aliphatic carbocycles. The van der Waals surface area contributed by atoms with Crippen LogP contribution in [0.15, 0.2) is 4.99 Å². The fraction of sp³-hybridized carbons (Fsp3) is 0.643. The number of thiazole rings is 1. The fourth-order valence-electron chi connectivity index (χ4n) is 1.65. The van der Waals surface area contributed by atoms with Crippen LogP contribution in [0.1, 0.15) is 28.9 Å². The molecule has 0 saturated heterocycles. The standard InChI is InChI=1S/C14H25N5OS/c1-5-7-16-12(20)9-18-14(15-4)17-8-6-13-19-10(2)11(3)21-13/h5-9H2,1-4H3,(H,16,20)(H2,15,17,18). The molecule has 6 nitrogen and oxygen atoms in total. The molecule has 118 valence electrons. The van der Waals surface area contributed by atoms with Crippen molar-refractivity contribution >= 4 is 23.2 Å². The van der Waals surface area contributed by atoms with E-state index >= 15 is 0 Å². The molecule has 0 aliphatic heterocycles. The molecule has 1 rings (SSSR count). The third-order valence-electron chi connectivity index (χ3n) is 2.92. The summed E-state index contributed by atoms with van der Waals surface area (Å²) in [4.78, 5) is 21.3. The van der Waals surface area contributed by atoms with Gasteiger partial charge in [-0.1, -0.05) is 6.92 Å². The van der Waals surface area contributed by atoms with Crippen LogP contribution in [-0.2, 0) is 11.2 Å². The van der Waals surface area contributed by atoms with Crippen LogP contribution in [0.2, 0.25) is 0 Å². The summed E-state index contributed by atoms with van der Waals surface area (Å²) in [6, 6.07) is 0. The highest BCUT2D eigenvalue weighted by molar-refractivity contribution is 7.11. The van der Waals surface area contributed by atoms with Gasteiger partial charge in [0.05, 0.1) is 17.2 Å². The van der Waals surface area contributed by atoms with Gasteiger partial charge in [-0.05, 0) is 20.3 Å². The topological polar surface area (TPSA) is 78.4 Å². The molecule has 0 atom stereocenters. The first-order valence-corrected chi connectivity index (χ1v) is 8.02. The van der Waals surface area contributed by atoms with Crippen LogP contribution < -0.4 is 16.0 Å². The van der Waals surface area contributed by atoms with Crippen LogP contribution in [0, 0.1) is 13.8 Å². The molecule has 3 N–H and O–H groups in total. The van der Waals surface area contributed by atoms with Crippen molar-refractivity contribution in [1.82, 2.24) is 20.9 Å². The van der Waals surface area contributed by atoms with Gasteiger partial charge < -0.3 is 16.0 Å². The largest absolute Gasteiger partial charge is 0.356 e. The quantitative estimate of drug-likeness (QED) is 0.518. The Morgan fingerprint density at radius 3 is 2.57 bits per heavy atom. The Hall–Kier alpha value is -1.63. The number of rotatable bonds is 7. The number of nitrogens with one attached hydrogen (secondary N) is 3. The smallest absolute Gasteiger partial charge is 0.239 e. The fourth-order valence-corrected chi connectivity index (χ4v) is 2.58. The monoisotopic (exact) mass is 311 g/mol. The first-order valence-electron chi connectivity index (χ1n) is 7.21. The highest BCUT2D eigenvalue weighted by atomic mass is 32.1. The molecule has 0 radical (unpaired) electrons. The van der Waals surface area contributed by atoms with Gasteiger partial charge in [0.25, 0.3) is 0 Å². The lowest BCUT2D eigenvalue weighted by Crippen LogP contribution is -2.43. The minimum absolute atomic E-state index is 0.0222. The Balaban J connectivity index is 2.26. The van der Waals surface area contributed by atoms with Crippen LogP contribution in [0.25, 0.3) is 0 Å². The Labute approximate surface area is 130 Å². The lowest BCUT2D eigenvalue weighted by Gasteiger charge is -2.11. The third-order valence-corrected chi connectivity index (χ3v) is 4.05. The molecule has 0 saturated carbocycles. The van der Waals surface area contributed by atoms with Crippen LogP contribution in [0.3, 0.4) is 0 Å². The van der Waals surface area contributed by atoms with Gasteiger partial charge in [-0.2, -0.15) is 0 Å². The van der Waals surface area contributed by atoms with Crippen molar-refractivity contribution in [2.24, 2.45) is 4.99 Å². The third kappa shape index (κ3) is 6.57. The van der Waals surface area contributed by atoms with Gasteiger partial charge in [0.15, 0.2) is 5.96 Å². The predicted octanol–water partition coefficient (Wildman–Crippen LogP) is 0.994. The van der Waals surface area contributed by atoms with E-state index in [1.54, 1.807) is 18.4 Å². The molecular formula is C14H25N5OS. The number of hydrogen-bond acceptors (Lipinski definition) is 4. The highest BCUT2D eigenvalue weighted by Gasteiger charge is 2.05. The number of carbonyl (C=O) groups is 1. The zero-order valence-corrected chi connectivity index (χ0v) is 14.1. The molecular weight excluding hydrogens is 286 g/mol. The minimum atomic E-state index is -0.0222. The van der Waals surface area contributed by atoms with E-state index in [9.17, 15) is 4.79 Å². The van der Waals surface area contributed by atoms with E-state index in [0.717, 1.165) is 30.1 Å². The summed E-state index contributed by atoms with van der Waals surface area (Å²) in [7, 11) is 1.69. The number of carbonyl (C=O) groups excluding carboxylic acids is 1. The van der Waals surface area contributed by atoms with Crippen LogP contribution in [0.4, 0.5) is 0 Å². The summed E-state index contributed by atoms with van der Waals surface area (Å²) >= 11 is 1.73. The van der Waals surface area contributed by atoms with Gasteiger partial charge in [-0.25, -0.2) is 4.98 Å². The van der Waals surface area contributed by atoms with E-state index in [4.69, 9.17) is 0 Å². The number of hydrogen-bond donors (Lipinski definition) is 3. The predicted molar refractivity (Wildman–Crippen MR) is 88.0 cm³/mol. The number of aryl methyl sites for hydroxylation is 2. The molecule has 0 spiro atoms. The van der Waals surface area contributed by atoms with Gasteiger partial charge in [0.1, 0.15) is 0 Å². The van der Waals surface area contributed by atoms with Gasteiger partial charge in [0.2, 0.25) is 5.91 Å². The molecule has 21 heavy (non-hydrogen) atoms. The minimum Gasteiger partial charge on any atom is -0.356 e. The molecule has 0 fully saturated rings. The van der Waals surface area contributed by atoms with E-state index in [1.165, 1.54) is 4.88 Å². The molecule has 0 aliphatic rings. The average molecular weight is 311 g/mol. The molecule has 1 amide bonds. The van der Waals surface area contributed by atoms with Gasteiger partial charge in [-0.3, -0.25) is 9.79 Å². The SMILES string of the molecule is CCCNC(=O)CNC(=NC)NCCc1nc(C)c(C)s1. The molecule has 1 aromatic rings. The maximum atomic E-state index is 11.5. The molecule has 0 aromatic carbocycles. The summed E-state index contributed by atoms with van der Waals surface area (Å²) in [5.74, 6) is 0.609. The van der Waals surface area contributed by atoms with E-state index in [-0.39, 0.29) is 12.5 Å². The van der Waals surface area contributed by atoms with Crippen molar-refractivity contribution in [3.63, 3.8) is 0 Å². The van der Waals surface area contributed by atoms with E-state index in [1.807, 2.05) is 13.8 Å². The second-order valence-electron chi connectivity index (χ2n) is 4.70. The van der Waals surface area contributed by atoms with Crippen LogP contribution >= 0.6 is 11.3 Å². The first-order chi connectivity index (χ1) is 10.1. The maximum absolute atomic E-state index is 11.5. The van der Waals surface area contributed by atoms with Crippen molar-refractivity contribution in [1.29, 1.82) is 0 Å². The second-order valence-corrected chi connectivity index (χ2v) is 5.99. The first kappa shape index (κ1) is 17.4. The van der Waals surface area contributed by atoms with Crippen molar-refractivity contribution in [2.45, 2.75) is 33.6 Å². The number of guanidine groups is 1. The Morgan fingerprint density at radius 1 is 1.24 bits per heavy atom. The summed E-state index contributed by atoms with van der Waals surface area (Å²) < 4.78 is 0. The zero-order chi connectivity index (χ0) is 15.7. The Bertz CT molecular complexity index is 464. The van der Waals surface area contributed by atoms with Crippen molar-refractivity contribution in [3.05, 3.63) is 15.6 Å². The molecule has 7 heteroatoms.